The lowest BCUT2D eigenvalue weighted by Crippen LogP contribution is -2.51. The summed E-state index contributed by atoms with van der Waals surface area (Å²) in [5.74, 6) is 0.715. The highest BCUT2D eigenvalue weighted by atomic mass is 35.5. The van der Waals surface area contributed by atoms with Gasteiger partial charge in [0.15, 0.2) is 5.75 Å². The van der Waals surface area contributed by atoms with Crippen LogP contribution in [0.15, 0.2) is 36.5 Å². The molecule has 0 unspecified atom stereocenters. The SMILES string of the molecule is CC(=O)N1CCN(C(=O)CNc2ccccc2Oc2ncc(Cl)cc2Cl)CC1. The minimum absolute atomic E-state index is 0.0331. The molecule has 1 N–H and O–H groups in total. The van der Waals surface area contributed by atoms with Gasteiger partial charge in [-0.25, -0.2) is 4.98 Å². The molecular weight excluding hydrogens is 403 g/mol. The summed E-state index contributed by atoms with van der Waals surface area (Å²) in [5, 5.41) is 3.81. The van der Waals surface area contributed by atoms with Gasteiger partial charge in [0.2, 0.25) is 17.7 Å². The second kappa shape index (κ2) is 9.12. The van der Waals surface area contributed by atoms with Gasteiger partial charge in [-0.2, -0.15) is 0 Å². The van der Waals surface area contributed by atoms with E-state index in [2.05, 4.69) is 10.3 Å². The Kier molecular flexibility index (Phi) is 6.59. The van der Waals surface area contributed by atoms with Gasteiger partial charge in [0, 0.05) is 39.3 Å². The smallest absolute Gasteiger partial charge is 0.241 e. The van der Waals surface area contributed by atoms with Crippen molar-refractivity contribution in [2.45, 2.75) is 6.92 Å². The number of para-hydroxylation sites is 2. The van der Waals surface area contributed by atoms with Crippen molar-refractivity contribution in [2.75, 3.05) is 38.0 Å². The van der Waals surface area contributed by atoms with Crippen LogP contribution in [0.2, 0.25) is 10.0 Å². The van der Waals surface area contributed by atoms with Crippen molar-refractivity contribution in [3.8, 4) is 11.6 Å². The van der Waals surface area contributed by atoms with Gasteiger partial charge in [-0.15, -0.1) is 0 Å². The number of amides is 2. The van der Waals surface area contributed by atoms with Crippen LogP contribution in [0.5, 0.6) is 11.6 Å². The summed E-state index contributed by atoms with van der Waals surface area (Å²) in [6.07, 6.45) is 1.45. The number of nitrogens with one attached hydrogen (secondary N) is 1. The zero-order valence-electron chi connectivity index (χ0n) is 15.3. The normalized spacial score (nSPS) is 14.0. The van der Waals surface area contributed by atoms with Gasteiger partial charge in [0.05, 0.1) is 17.3 Å². The van der Waals surface area contributed by atoms with Gasteiger partial charge >= 0.3 is 0 Å². The number of halogens is 2. The molecule has 9 heteroatoms. The summed E-state index contributed by atoms with van der Waals surface area (Å²) in [6, 6.07) is 8.76. The molecule has 28 heavy (non-hydrogen) atoms. The fourth-order valence-electron chi connectivity index (χ4n) is 2.84. The maximum atomic E-state index is 12.5. The summed E-state index contributed by atoms with van der Waals surface area (Å²) >= 11 is 12.0. The van der Waals surface area contributed by atoms with E-state index in [0.717, 1.165) is 0 Å². The summed E-state index contributed by atoms with van der Waals surface area (Å²) < 4.78 is 5.78. The summed E-state index contributed by atoms with van der Waals surface area (Å²) in [5.41, 5.74) is 0.644. The molecule has 0 aliphatic carbocycles. The fourth-order valence-corrected chi connectivity index (χ4v) is 3.26. The second-order valence-corrected chi connectivity index (χ2v) is 7.12. The molecule has 2 aromatic rings. The molecule has 0 saturated carbocycles. The van der Waals surface area contributed by atoms with E-state index >= 15 is 0 Å². The van der Waals surface area contributed by atoms with E-state index in [4.69, 9.17) is 27.9 Å². The van der Waals surface area contributed by atoms with Crippen molar-refractivity contribution in [3.05, 3.63) is 46.6 Å². The third-order valence-electron chi connectivity index (χ3n) is 4.38. The van der Waals surface area contributed by atoms with Crippen LogP contribution >= 0.6 is 23.2 Å². The van der Waals surface area contributed by atoms with Crippen LogP contribution in [0.4, 0.5) is 5.69 Å². The number of aromatic nitrogens is 1. The maximum absolute atomic E-state index is 12.5. The first-order chi connectivity index (χ1) is 13.4. The number of piperazine rings is 1. The Morgan fingerprint density at radius 3 is 2.50 bits per heavy atom. The van der Waals surface area contributed by atoms with Crippen molar-refractivity contribution >= 4 is 40.7 Å². The predicted molar refractivity (Wildman–Crippen MR) is 108 cm³/mol. The zero-order valence-corrected chi connectivity index (χ0v) is 16.8. The second-order valence-electron chi connectivity index (χ2n) is 6.28. The van der Waals surface area contributed by atoms with Gasteiger partial charge in [0.1, 0.15) is 5.02 Å². The quantitative estimate of drug-likeness (QED) is 0.799. The molecule has 2 heterocycles. The van der Waals surface area contributed by atoms with E-state index < -0.39 is 0 Å². The first-order valence-electron chi connectivity index (χ1n) is 8.79. The standard InChI is InChI=1S/C19H20Cl2N4O3/c1-13(26)24-6-8-25(9-7-24)18(27)12-22-16-4-2-3-5-17(16)28-19-15(21)10-14(20)11-23-19/h2-5,10-11,22H,6-9,12H2,1H3. The molecule has 0 spiro atoms. The molecule has 0 bridgehead atoms. The van der Waals surface area contributed by atoms with E-state index in [1.165, 1.54) is 13.1 Å². The molecule has 0 atom stereocenters. The van der Waals surface area contributed by atoms with E-state index in [1.54, 1.807) is 28.0 Å². The minimum atomic E-state index is -0.0411. The van der Waals surface area contributed by atoms with Crippen molar-refractivity contribution in [1.82, 2.24) is 14.8 Å². The molecular formula is C19H20Cl2N4O3. The van der Waals surface area contributed by atoms with Crippen molar-refractivity contribution in [3.63, 3.8) is 0 Å². The van der Waals surface area contributed by atoms with Crippen LogP contribution in [-0.4, -0.2) is 59.3 Å². The van der Waals surface area contributed by atoms with Gasteiger partial charge in [-0.05, 0) is 18.2 Å². The molecule has 1 aromatic carbocycles. The highest BCUT2D eigenvalue weighted by Gasteiger charge is 2.22. The van der Waals surface area contributed by atoms with Gasteiger partial charge in [0.25, 0.3) is 0 Å². The molecule has 1 fully saturated rings. The third-order valence-corrected chi connectivity index (χ3v) is 4.85. The first kappa shape index (κ1) is 20.2. The van der Waals surface area contributed by atoms with Gasteiger partial charge < -0.3 is 19.9 Å². The number of ether oxygens (including phenoxy) is 1. The molecule has 1 aromatic heterocycles. The van der Waals surface area contributed by atoms with Crippen LogP contribution in [0.25, 0.3) is 0 Å². The topological polar surface area (TPSA) is 74.8 Å². The van der Waals surface area contributed by atoms with Crippen molar-refractivity contribution in [2.24, 2.45) is 0 Å². The van der Waals surface area contributed by atoms with Crippen LogP contribution in [0.1, 0.15) is 6.92 Å². The Hall–Kier alpha value is -2.51. The van der Waals surface area contributed by atoms with E-state index in [1.807, 2.05) is 12.1 Å². The van der Waals surface area contributed by atoms with Crippen LogP contribution in [0.3, 0.4) is 0 Å². The van der Waals surface area contributed by atoms with Crippen LogP contribution in [-0.2, 0) is 9.59 Å². The largest absolute Gasteiger partial charge is 0.435 e. The number of nitrogens with zero attached hydrogens (tertiary/aromatic N) is 3. The van der Waals surface area contributed by atoms with Gasteiger partial charge in [-0.1, -0.05) is 35.3 Å². The average Bonchev–Trinajstić information content (AvgIpc) is 2.69. The summed E-state index contributed by atoms with van der Waals surface area (Å²) in [6.45, 7) is 3.83. The number of carbonyl (C=O) groups is 2. The molecule has 148 valence electrons. The van der Waals surface area contributed by atoms with Crippen molar-refractivity contribution in [1.29, 1.82) is 0 Å². The fraction of sp³-hybridized carbons (Fsp3) is 0.316. The molecule has 1 saturated heterocycles. The lowest BCUT2D eigenvalue weighted by Gasteiger charge is -2.34. The highest BCUT2D eigenvalue weighted by Crippen LogP contribution is 2.33. The number of anilines is 1. The molecule has 2 amide bonds. The minimum Gasteiger partial charge on any atom is -0.435 e. The Morgan fingerprint density at radius 1 is 1.14 bits per heavy atom. The zero-order chi connectivity index (χ0) is 20.1. The number of pyridine rings is 1. The van der Waals surface area contributed by atoms with Crippen LogP contribution in [0, 0.1) is 0 Å². The highest BCUT2D eigenvalue weighted by molar-refractivity contribution is 6.35. The Morgan fingerprint density at radius 2 is 1.82 bits per heavy atom. The van der Waals surface area contributed by atoms with E-state index in [-0.39, 0.29) is 24.2 Å². The number of benzene rings is 1. The number of rotatable bonds is 5. The molecule has 1 aliphatic heterocycles. The molecule has 1 aliphatic rings. The number of hydrogen-bond acceptors (Lipinski definition) is 5. The van der Waals surface area contributed by atoms with E-state index in [9.17, 15) is 9.59 Å². The van der Waals surface area contributed by atoms with Gasteiger partial charge in [-0.3, -0.25) is 9.59 Å². The molecule has 3 rings (SSSR count). The Labute approximate surface area is 173 Å². The molecule has 7 nitrogen and oxygen atoms in total. The first-order valence-corrected chi connectivity index (χ1v) is 9.54. The number of hydrogen-bond donors (Lipinski definition) is 1. The lowest BCUT2D eigenvalue weighted by atomic mass is 10.2. The lowest BCUT2D eigenvalue weighted by molar-refractivity contribution is -0.137. The monoisotopic (exact) mass is 422 g/mol. The summed E-state index contributed by atoms with van der Waals surface area (Å²) in [4.78, 5) is 31.4. The molecule has 0 radical (unpaired) electrons. The number of carbonyl (C=O) groups excluding carboxylic acids is 2. The predicted octanol–water partition coefficient (Wildman–Crippen LogP) is 3.28. The maximum Gasteiger partial charge on any atom is 0.241 e. The van der Waals surface area contributed by atoms with Crippen LogP contribution < -0.4 is 10.1 Å². The average molecular weight is 423 g/mol. The summed E-state index contributed by atoms with van der Waals surface area (Å²) in [7, 11) is 0. The third kappa shape index (κ3) is 5.05. The Balaban J connectivity index is 1.61. The Bertz CT molecular complexity index is 870. The van der Waals surface area contributed by atoms with Crippen molar-refractivity contribution < 1.29 is 14.3 Å². The van der Waals surface area contributed by atoms with E-state index in [0.29, 0.717) is 47.7 Å².